The van der Waals surface area contributed by atoms with Crippen LogP contribution < -0.4 is 15.7 Å². The van der Waals surface area contributed by atoms with Gasteiger partial charge in [0, 0.05) is 12.2 Å². The number of hydrogen-bond donors (Lipinski definition) is 5. The first-order chi connectivity index (χ1) is 17.0. The summed E-state index contributed by atoms with van der Waals surface area (Å²) in [6.07, 6.45) is 6.18. The van der Waals surface area contributed by atoms with E-state index in [9.17, 15) is 9.59 Å². The van der Waals surface area contributed by atoms with E-state index < -0.39 is 7.12 Å². The van der Waals surface area contributed by atoms with E-state index in [2.05, 4.69) is 10.2 Å². The fourth-order valence-corrected chi connectivity index (χ4v) is 4.16. The molecular weight excluding hydrogens is 447 g/mol. The highest BCUT2D eigenvalue weighted by molar-refractivity contribution is 6.58. The lowest BCUT2D eigenvalue weighted by atomic mass is 9.81. The molecule has 0 saturated carbocycles. The van der Waals surface area contributed by atoms with Crippen molar-refractivity contribution in [3.8, 4) is 0 Å². The second-order valence-corrected chi connectivity index (χ2v) is 8.58. The number of nitrogens with zero attached hydrogens (tertiary/aromatic N) is 1. The molecule has 0 amide bonds. The minimum Gasteiger partial charge on any atom is -0.423 e. The topological polar surface area (TPSA) is 130 Å². The number of benzene rings is 2. The molecule has 0 aliphatic carbocycles. The van der Waals surface area contributed by atoms with Crippen molar-refractivity contribution < 1.29 is 29.9 Å². The van der Waals surface area contributed by atoms with Gasteiger partial charge in [0.1, 0.15) is 13.2 Å². The average molecular weight is 484 g/mol. The molecule has 2 aromatic rings. The van der Waals surface area contributed by atoms with E-state index in [4.69, 9.17) is 20.3 Å². The number of para-hydroxylation sites is 1. The minimum absolute atomic E-state index is 0.0662. The number of aliphatic hydroxyl groups is 2. The Labute approximate surface area is 207 Å². The standard InChI is InChI=1S/C13H17NO2.C7H13NO2.C6H7BO2/c15-10-13(16)12-8-4-5-9-14(12)11-6-2-1-3-7-11;9-5-7(10)6-3-1-2-4-8-6;8-7(9)6-4-2-1-3-5-6/h1-3,6-7,12,15H,4-5,8-10H2;6,8-9H,1-5H2;1-5,8-9H. The van der Waals surface area contributed by atoms with Crippen LogP contribution in [0.1, 0.15) is 38.5 Å². The molecule has 8 nitrogen and oxygen atoms in total. The maximum absolute atomic E-state index is 11.7. The first-order valence-corrected chi connectivity index (χ1v) is 12.2. The highest BCUT2D eigenvalue weighted by atomic mass is 16.4. The van der Waals surface area contributed by atoms with Crippen LogP contribution in [0.15, 0.2) is 60.7 Å². The second-order valence-electron chi connectivity index (χ2n) is 8.58. The molecule has 2 aliphatic rings. The maximum Gasteiger partial charge on any atom is 0.488 e. The first-order valence-electron chi connectivity index (χ1n) is 12.2. The maximum atomic E-state index is 11.7. The van der Waals surface area contributed by atoms with Gasteiger partial charge in [-0.2, -0.15) is 0 Å². The Balaban J connectivity index is 0.000000197. The van der Waals surface area contributed by atoms with Crippen molar-refractivity contribution in [1.29, 1.82) is 0 Å². The van der Waals surface area contributed by atoms with Crippen molar-refractivity contribution in [3.63, 3.8) is 0 Å². The zero-order valence-corrected chi connectivity index (χ0v) is 20.1. The molecule has 35 heavy (non-hydrogen) atoms. The molecule has 2 aliphatic heterocycles. The quantitative estimate of drug-likeness (QED) is 0.378. The van der Waals surface area contributed by atoms with E-state index >= 15 is 0 Å². The smallest absolute Gasteiger partial charge is 0.423 e. The number of Topliss-reactive ketones (excluding diaryl/α,β-unsaturated/α-hetero) is 2. The predicted molar refractivity (Wildman–Crippen MR) is 138 cm³/mol. The van der Waals surface area contributed by atoms with Crippen molar-refractivity contribution in [2.75, 3.05) is 31.2 Å². The molecule has 2 heterocycles. The number of nitrogens with one attached hydrogen (secondary N) is 1. The van der Waals surface area contributed by atoms with Gasteiger partial charge in [0.05, 0.1) is 12.1 Å². The summed E-state index contributed by atoms with van der Waals surface area (Å²) in [4.78, 5) is 24.6. The SMILES string of the molecule is O=C(CO)C1CCCCN1.O=C(CO)C1CCCCN1c1ccccc1.OB(O)c1ccccc1. The van der Waals surface area contributed by atoms with E-state index in [1.165, 1.54) is 0 Å². The van der Waals surface area contributed by atoms with Crippen molar-refractivity contribution in [2.24, 2.45) is 0 Å². The molecular formula is C26H37BN2O6. The van der Waals surface area contributed by atoms with Crippen LogP contribution in [0.3, 0.4) is 0 Å². The van der Waals surface area contributed by atoms with E-state index in [0.717, 1.165) is 57.3 Å². The number of rotatable bonds is 6. The van der Waals surface area contributed by atoms with Gasteiger partial charge in [0.2, 0.25) is 0 Å². The van der Waals surface area contributed by atoms with Gasteiger partial charge in [-0.25, -0.2) is 0 Å². The molecule has 2 saturated heterocycles. The lowest BCUT2D eigenvalue weighted by Gasteiger charge is -2.36. The molecule has 2 atom stereocenters. The fourth-order valence-electron chi connectivity index (χ4n) is 4.16. The summed E-state index contributed by atoms with van der Waals surface area (Å²) in [5.41, 5.74) is 1.60. The van der Waals surface area contributed by atoms with Crippen LogP contribution >= 0.6 is 0 Å². The summed E-state index contributed by atoms with van der Waals surface area (Å²) in [6.45, 7) is 1.14. The Morgan fingerprint density at radius 2 is 1.43 bits per heavy atom. The summed E-state index contributed by atoms with van der Waals surface area (Å²) in [6, 6.07) is 18.4. The predicted octanol–water partition coefficient (Wildman–Crippen LogP) is 0.663. The third-order valence-electron chi connectivity index (χ3n) is 6.07. The Bertz CT molecular complexity index is 863. The summed E-state index contributed by atoms with van der Waals surface area (Å²) >= 11 is 0. The Hall–Kier alpha value is -2.56. The second kappa shape index (κ2) is 16.2. The monoisotopic (exact) mass is 484 g/mol. The normalized spacial score (nSPS) is 19.4. The van der Waals surface area contributed by atoms with Crippen LogP contribution in [0.2, 0.25) is 0 Å². The molecule has 0 spiro atoms. The van der Waals surface area contributed by atoms with Crippen LogP contribution in [-0.4, -0.2) is 77.3 Å². The molecule has 4 rings (SSSR count). The molecule has 5 N–H and O–H groups in total. The van der Waals surface area contributed by atoms with Crippen LogP contribution in [-0.2, 0) is 9.59 Å². The van der Waals surface area contributed by atoms with Crippen molar-refractivity contribution in [1.82, 2.24) is 5.32 Å². The number of aliphatic hydroxyl groups excluding tert-OH is 2. The van der Waals surface area contributed by atoms with Crippen LogP contribution in [0.4, 0.5) is 5.69 Å². The lowest BCUT2D eigenvalue weighted by molar-refractivity contribution is -0.124. The number of ketones is 2. The third kappa shape index (κ3) is 9.91. The van der Waals surface area contributed by atoms with Gasteiger partial charge in [0.25, 0.3) is 0 Å². The Morgan fingerprint density at radius 3 is 1.94 bits per heavy atom. The largest absolute Gasteiger partial charge is 0.488 e. The van der Waals surface area contributed by atoms with Crippen molar-refractivity contribution in [2.45, 2.75) is 50.6 Å². The molecule has 0 bridgehead atoms. The number of piperidine rings is 2. The highest BCUT2D eigenvalue weighted by Gasteiger charge is 2.27. The Morgan fingerprint density at radius 1 is 0.829 bits per heavy atom. The molecule has 0 radical (unpaired) electrons. The number of carbonyl (C=O) groups excluding carboxylic acids is 2. The number of carbonyl (C=O) groups is 2. The van der Waals surface area contributed by atoms with Crippen LogP contribution in [0.5, 0.6) is 0 Å². The lowest BCUT2D eigenvalue weighted by Crippen LogP contribution is -2.45. The average Bonchev–Trinajstić information content (AvgIpc) is 2.94. The van der Waals surface area contributed by atoms with Crippen molar-refractivity contribution in [3.05, 3.63) is 60.7 Å². The van der Waals surface area contributed by atoms with Gasteiger partial charge in [-0.05, 0) is 56.2 Å². The van der Waals surface area contributed by atoms with Crippen LogP contribution in [0.25, 0.3) is 0 Å². The third-order valence-corrected chi connectivity index (χ3v) is 6.07. The van der Waals surface area contributed by atoms with Gasteiger partial charge >= 0.3 is 7.12 Å². The highest BCUT2D eigenvalue weighted by Crippen LogP contribution is 2.24. The van der Waals surface area contributed by atoms with Crippen LogP contribution in [0, 0.1) is 0 Å². The molecule has 2 aromatic carbocycles. The van der Waals surface area contributed by atoms with Gasteiger partial charge in [-0.1, -0.05) is 55.0 Å². The van der Waals surface area contributed by atoms with E-state index in [1.54, 1.807) is 24.3 Å². The first kappa shape index (κ1) is 28.7. The summed E-state index contributed by atoms with van der Waals surface area (Å²) < 4.78 is 0. The number of anilines is 1. The summed E-state index contributed by atoms with van der Waals surface area (Å²) in [7, 11) is -1.34. The molecule has 2 unspecified atom stereocenters. The van der Waals surface area contributed by atoms with Gasteiger partial charge in [-0.15, -0.1) is 0 Å². The Kier molecular flexibility index (Phi) is 13.3. The fraction of sp³-hybridized carbons (Fsp3) is 0.462. The zero-order chi connectivity index (χ0) is 25.5. The van der Waals surface area contributed by atoms with Gasteiger partial charge in [-0.3, -0.25) is 9.59 Å². The molecule has 2 fully saturated rings. The van der Waals surface area contributed by atoms with Crippen molar-refractivity contribution >= 4 is 29.8 Å². The molecule has 0 aromatic heterocycles. The molecule has 190 valence electrons. The summed E-state index contributed by atoms with van der Waals surface area (Å²) in [5.74, 6) is -0.136. The summed E-state index contributed by atoms with van der Waals surface area (Å²) in [5, 5.41) is 37.7. The minimum atomic E-state index is -1.34. The molecule has 9 heteroatoms. The zero-order valence-electron chi connectivity index (χ0n) is 20.1. The van der Waals surface area contributed by atoms with Gasteiger partial charge in [0.15, 0.2) is 11.6 Å². The van der Waals surface area contributed by atoms with E-state index in [0.29, 0.717) is 5.46 Å². The van der Waals surface area contributed by atoms with E-state index in [-0.39, 0.29) is 36.9 Å². The number of hydrogen-bond acceptors (Lipinski definition) is 8. The van der Waals surface area contributed by atoms with Gasteiger partial charge < -0.3 is 30.5 Å². The van der Waals surface area contributed by atoms with E-state index in [1.807, 2.05) is 36.4 Å².